The van der Waals surface area contributed by atoms with Crippen LogP contribution in [0.5, 0.6) is 0 Å². The van der Waals surface area contributed by atoms with Crippen molar-refractivity contribution in [1.29, 1.82) is 0 Å². The number of esters is 2. The second-order valence-electron chi connectivity index (χ2n) is 7.85. The molecule has 0 amide bonds. The molecule has 3 rings (SSSR count). The fourth-order valence-corrected chi connectivity index (χ4v) is 3.25. The molecule has 0 unspecified atom stereocenters. The van der Waals surface area contributed by atoms with Gasteiger partial charge in [-0.05, 0) is 29.2 Å². The first-order valence-corrected chi connectivity index (χ1v) is 10.1. The zero-order chi connectivity index (χ0) is 22.9. The summed E-state index contributed by atoms with van der Waals surface area (Å²) in [7, 11) is 1.13. The van der Waals surface area contributed by atoms with Crippen LogP contribution in [0.1, 0.15) is 52.9 Å². The Bertz CT molecular complexity index is 1170. The third-order valence-corrected chi connectivity index (χ3v) is 5.40. The minimum atomic E-state index is -0.920. The van der Waals surface area contributed by atoms with E-state index in [0.29, 0.717) is 10.3 Å². The molecule has 0 spiro atoms. The van der Waals surface area contributed by atoms with Crippen molar-refractivity contribution in [3.05, 3.63) is 74.2 Å². The summed E-state index contributed by atoms with van der Waals surface area (Å²) in [6.45, 7) is 5.79. The van der Waals surface area contributed by atoms with Crippen LogP contribution >= 0.6 is 23.2 Å². The summed E-state index contributed by atoms with van der Waals surface area (Å²) in [5, 5.41) is 13.1. The Balaban J connectivity index is 1.93. The largest absolute Gasteiger partial charge is 0.618 e. The SMILES string of the molecule is COC(=O)c1c(COC(=O)c2ccc(C(C)(C)C)cc2)nc2cc(Cl)c(Cl)cc2[n+]1[O-]. The van der Waals surface area contributed by atoms with Crippen molar-refractivity contribution in [3.63, 3.8) is 0 Å². The third-order valence-electron chi connectivity index (χ3n) is 4.67. The quantitative estimate of drug-likeness (QED) is 0.319. The Hall–Kier alpha value is -2.90. The second-order valence-corrected chi connectivity index (χ2v) is 8.67. The van der Waals surface area contributed by atoms with Crippen molar-refractivity contribution in [2.24, 2.45) is 0 Å². The molecule has 0 fully saturated rings. The molecule has 3 aromatic rings. The van der Waals surface area contributed by atoms with E-state index in [0.717, 1.165) is 12.7 Å². The molecule has 0 aliphatic rings. The van der Waals surface area contributed by atoms with Crippen LogP contribution in [-0.4, -0.2) is 24.0 Å². The zero-order valence-corrected chi connectivity index (χ0v) is 18.9. The number of methoxy groups -OCH3 is 1. The third kappa shape index (κ3) is 4.73. The Kier molecular flexibility index (Phi) is 6.38. The van der Waals surface area contributed by atoms with Crippen LogP contribution in [0.25, 0.3) is 11.0 Å². The number of carbonyl (C=O) groups excluding carboxylic acids is 2. The Morgan fingerprint density at radius 1 is 1.06 bits per heavy atom. The molecule has 162 valence electrons. The molecule has 7 nitrogen and oxygen atoms in total. The number of rotatable bonds is 4. The maximum absolute atomic E-state index is 12.8. The smallest absolute Gasteiger partial charge is 0.406 e. The maximum Gasteiger partial charge on any atom is 0.406 e. The zero-order valence-electron chi connectivity index (χ0n) is 17.4. The molecule has 0 saturated carbocycles. The van der Waals surface area contributed by atoms with Crippen molar-refractivity contribution in [2.45, 2.75) is 32.8 Å². The molecule has 31 heavy (non-hydrogen) atoms. The number of hydrogen-bond donors (Lipinski definition) is 0. The minimum Gasteiger partial charge on any atom is -0.618 e. The summed E-state index contributed by atoms with van der Waals surface area (Å²) in [4.78, 5) is 29.0. The number of ether oxygens (including phenoxy) is 2. The van der Waals surface area contributed by atoms with E-state index < -0.39 is 24.2 Å². The number of nitrogens with zero attached hydrogens (tertiary/aromatic N) is 2. The lowest BCUT2D eigenvalue weighted by molar-refractivity contribution is -0.581. The average molecular weight is 463 g/mol. The van der Waals surface area contributed by atoms with Crippen molar-refractivity contribution >= 4 is 46.2 Å². The van der Waals surface area contributed by atoms with Crippen LogP contribution < -0.4 is 4.73 Å². The van der Waals surface area contributed by atoms with Crippen molar-refractivity contribution < 1.29 is 23.8 Å². The lowest BCUT2D eigenvalue weighted by atomic mass is 9.87. The van der Waals surface area contributed by atoms with Crippen LogP contribution in [0, 0.1) is 5.21 Å². The minimum absolute atomic E-state index is 0.0302. The van der Waals surface area contributed by atoms with Gasteiger partial charge < -0.3 is 14.7 Å². The lowest BCUT2D eigenvalue weighted by Crippen LogP contribution is -2.38. The van der Waals surface area contributed by atoms with Gasteiger partial charge >= 0.3 is 17.6 Å². The van der Waals surface area contributed by atoms with E-state index in [4.69, 9.17) is 32.7 Å². The number of carbonyl (C=O) groups is 2. The van der Waals surface area contributed by atoms with Crippen molar-refractivity contribution in [2.75, 3.05) is 7.11 Å². The molecule has 0 aliphatic heterocycles. The molecule has 9 heteroatoms. The van der Waals surface area contributed by atoms with Crippen LogP contribution in [0.15, 0.2) is 36.4 Å². The lowest BCUT2D eigenvalue weighted by Gasteiger charge is -2.18. The molecule has 0 saturated heterocycles. The van der Waals surface area contributed by atoms with E-state index in [1.165, 1.54) is 12.1 Å². The first kappa shape index (κ1) is 22.8. The summed E-state index contributed by atoms with van der Waals surface area (Å²) >= 11 is 12.0. The predicted octanol–water partition coefficient (Wildman–Crippen LogP) is 4.62. The van der Waals surface area contributed by atoms with E-state index in [-0.39, 0.29) is 32.2 Å². The van der Waals surface area contributed by atoms with Gasteiger partial charge in [-0.3, -0.25) is 0 Å². The topological polar surface area (TPSA) is 92.4 Å². The van der Waals surface area contributed by atoms with Gasteiger partial charge in [0.25, 0.3) is 0 Å². The van der Waals surface area contributed by atoms with E-state index in [1.54, 1.807) is 12.1 Å². The molecule has 0 atom stereocenters. The highest BCUT2D eigenvalue weighted by molar-refractivity contribution is 6.42. The number of fused-ring (bicyclic) bond motifs is 1. The summed E-state index contributed by atoms with van der Waals surface area (Å²) < 4.78 is 10.4. The fraction of sp³-hybridized carbons (Fsp3) is 0.273. The Labute approximate surface area is 189 Å². The predicted molar refractivity (Wildman–Crippen MR) is 116 cm³/mol. The Morgan fingerprint density at radius 2 is 1.68 bits per heavy atom. The molecule has 0 radical (unpaired) electrons. The fourth-order valence-electron chi connectivity index (χ4n) is 2.94. The van der Waals surface area contributed by atoms with Crippen molar-refractivity contribution in [3.8, 4) is 0 Å². The summed E-state index contributed by atoms with van der Waals surface area (Å²) in [5.74, 6) is -1.54. The van der Waals surface area contributed by atoms with Gasteiger partial charge in [0.1, 0.15) is 12.1 Å². The average Bonchev–Trinajstić information content (AvgIpc) is 2.72. The highest BCUT2D eigenvalue weighted by Crippen LogP contribution is 2.26. The van der Waals surface area contributed by atoms with Gasteiger partial charge in [0, 0.05) is 6.07 Å². The van der Waals surface area contributed by atoms with Gasteiger partial charge in [-0.1, -0.05) is 56.1 Å². The first-order valence-electron chi connectivity index (χ1n) is 9.30. The van der Waals surface area contributed by atoms with Gasteiger partial charge in [0.05, 0.1) is 22.7 Å². The van der Waals surface area contributed by atoms with E-state index >= 15 is 0 Å². The molecular weight excluding hydrogens is 443 g/mol. The Morgan fingerprint density at radius 3 is 2.26 bits per heavy atom. The number of benzene rings is 2. The first-order chi connectivity index (χ1) is 14.5. The van der Waals surface area contributed by atoms with Gasteiger partial charge in [-0.15, -0.1) is 0 Å². The van der Waals surface area contributed by atoms with E-state index in [9.17, 15) is 14.8 Å². The van der Waals surface area contributed by atoms with Gasteiger partial charge in [0.15, 0.2) is 5.69 Å². The van der Waals surface area contributed by atoms with Crippen LogP contribution in [0.3, 0.4) is 0 Å². The molecule has 0 bridgehead atoms. The number of halogens is 2. The van der Waals surface area contributed by atoms with E-state index in [1.807, 2.05) is 12.1 Å². The van der Waals surface area contributed by atoms with Crippen LogP contribution in [0.2, 0.25) is 10.0 Å². The summed E-state index contributed by atoms with van der Waals surface area (Å²) in [6, 6.07) is 9.72. The van der Waals surface area contributed by atoms with Gasteiger partial charge in [-0.25, -0.2) is 14.6 Å². The second kappa shape index (κ2) is 8.69. The molecular formula is C22H20Cl2N2O5. The summed E-state index contributed by atoms with van der Waals surface area (Å²) in [6.07, 6.45) is 0. The highest BCUT2D eigenvalue weighted by Gasteiger charge is 2.28. The molecule has 1 heterocycles. The molecule has 0 N–H and O–H groups in total. The molecule has 0 aliphatic carbocycles. The number of aromatic nitrogens is 2. The van der Waals surface area contributed by atoms with Crippen LogP contribution in [0.4, 0.5) is 0 Å². The maximum atomic E-state index is 12.8. The van der Waals surface area contributed by atoms with E-state index in [2.05, 4.69) is 25.8 Å². The highest BCUT2D eigenvalue weighted by atomic mass is 35.5. The standard InChI is InChI=1S/C22H20Cl2N2O5/c1-22(2,3)13-7-5-12(6-8-13)20(27)31-11-17-19(21(28)30-4)26(29)18-10-15(24)14(23)9-16(18)25-17/h5-10H,11H2,1-4H3. The van der Waals surface area contributed by atoms with Crippen molar-refractivity contribution in [1.82, 2.24) is 4.98 Å². The van der Waals surface area contributed by atoms with Gasteiger partial charge in [0.2, 0.25) is 5.52 Å². The monoisotopic (exact) mass is 462 g/mol. The van der Waals surface area contributed by atoms with Gasteiger partial charge in [-0.2, -0.15) is 4.73 Å². The summed E-state index contributed by atoms with van der Waals surface area (Å²) in [5.41, 5.74) is 1.10. The normalized spacial score (nSPS) is 11.4. The number of hydrogen-bond acceptors (Lipinski definition) is 6. The van der Waals surface area contributed by atoms with Crippen LogP contribution in [-0.2, 0) is 21.5 Å². The molecule has 2 aromatic carbocycles. The molecule has 1 aromatic heterocycles.